The Morgan fingerprint density at radius 3 is 2.63 bits per heavy atom. The molecule has 5 heteroatoms. The van der Waals surface area contributed by atoms with Gasteiger partial charge in [0.05, 0.1) is 0 Å². The predicted molar refractivity (Wildman–Crippen MR) is 73.4 cm³/mol. The second kappa shape index (κ2) is 6.70. The van der Waals surface area contributed by atoms with Crippen molar-refractivity contribution < 1.29 is 9.47 Å². The molecule has 1 aromatic heterocycles. The van der Waals surface area contributed by atoms with Crippen molar-refractivity contribution in [1.29, 1.82) is 0 Å². The minimum absolute atomic E-state index is 0.352. The highest BCUT2D eigenvalue weighted by molar-refractivity contribution is 5.39. The van der Waals surface area contributed by atoms with Gasteiger partial charge >= 0.3 is 0 Å². The fourth-order valence-corrected chi connectivity index (χ4v) is 1.60. The van der Waals surface area contributed by atoms with Crippen molar-refractivity contribution in [2.75, 3.05) is 19.0 Å². The summed E-state index contributed by atoms with van der Waals surface area (Å²) < 4.78 is 10.8. The summed E-state index contributed by atoms with van der Waals surface area (Å²) >= 11 is 0. The van der Waals surface area contributed by atoms with Gasteiger partial charge in [-0.2, -0.15) is 4.98 Å². The van der Waals surface area contributed by atoms with Gasteiger partial charge in [-0.3, -0.25) is 0 Å². The zero-order valence-electron chi connectivity index (χ0n) is 11.1. The largest absolute Gasteiger partial charge is 0.439 e. The number of para-hydroxylation sites is 1. The maximum absolute atomic E-state index is 5.71. The van der Waals surface area contributed by atoms with Crippen molar-refractivity contribution in [1.82, 2.24) is 9.97 Å². The molecule has 0 fully saturated rings. The summed E-state index contributed by atoms with van der Waals surface area (Å²) in [4.78, 5) is 8.63. The third-order valence-electron chi connectivity index (χ3n) is 2.35. The molecular weight excluding hydrogens is 242 g/mol. The lowest BCUT2D eigenvalue weighted by Crippen LogP contribution is -2.05. The summed E-state index contributed by atoms with van der Waals surface area (Å²) in [6, 6.07) is 11.3. The van der Waals surface area contributed by atoms with Crippen LogP contribution in [0.1, 0.15) is 12.7 Å². The Morgan fingerprint density at radius 1 is 1.16 bits per heavy atom. The summed E-state index contributed by atoms with van der Waals surface area (Å²) in [6.07, 6.45) is 0. The van der Waals surface area contributed by atoms with E-state index in [0.717, 1.165) is 18.1 Å². The van der Waals surface area contributed by atoms with E-state index >= 15 is 0 Å². The Bertz CT molecular complexity index is 493. The summed E-state index contributed by atoms with van der Waals surface area (Å²) in [5, 5.41) is 3.15. The molecule has 0 aliphatic carbocycles. The Hall–Kier alpha value is -2.14. The van der Waals surface area contributed by atoms with E-state index < -0.39 is 0 Å². The first-order chi connectivity index (χ1) is 9.31. The van der Waals surface area contributed by atoms with Crippen molar-refractivity contribution in [2.45, 2.75) is 13.5 Å². The minimum atomic E-state index is 0.352. The lowest BCUT2D eigenvalue weighted by atomic mass is 10.3. The second-order valence-corrected chi connectivity index (χ2v) is 3.89. The molecule has 0 saturated heterocycles. The molecule has 2 rings (SSSR count). The van der Waals surface area contributed by atoms with Crippen molar-refractivity contribution in [3.05, 3.63) is 42.2 Å². The molecule has 2 aromatic rings. The van der Waals surface area contributed by atoms with Crippen LogP contribution in [0.5, 0.6) is 11.6 Å². The van der Waals surface area contributed by atoms with Crippen LogP contribution in [0.25, 0.3) is 0 Å². The van der Waals surface area contributed by atoms with Gasteiger partial charge < -0.3 is 14.8 Å². The number of nitrogens with one attached hydrogen (secondary N) is 1. The average Bonchev–Trinajstić information content (AvgIpc) is 2.40. The van der Waals surface area contributed by atoms with Gasteiger partial charge in [0.1, 0.15) is 18.2 Å². The average molecular weight is 259 g/mol. The second-order valence-electron chi connectivity index (χ2n) is 3.89. The molecule has 0 radical (unpaired) electrons. The quantitative estimate of drug-likeness (QED) is 0.864. The first-order valence-electron chi connectivity index (χ1n) is 6.15. The van der Waals surface area contributed by atoms with Gasteiger partial charge in [0.15, 0.2) is 5.82 Å². The Labute approximate surface area is 112 Å². The summed E-state index contributed by atoms with van der Waals surface area (Å²) in [6.45, 7) is 3.15. The Kier molecular flexibility index (Phi) is 4.69. The van der Waals surface area contributed by atoms with E-state index in [4.69, 9.17) is 9.47 Å². The van der Waals surface area contributed by atoms with Crippen LogP contribution in [0.2, 0.25) is 0 Å². The van der Waals surface area contributed by atoms with Crippen molar-refractivity contribution in [2.24, 2.45) is 0 Å². The van der Waals surface area contributed by atoms with Crippen molar-refractivity contribution in [3.63, 3.8) is 0 Å². The molecule has 0 aliphatic rings. The zero-order chi connectivity index (χ0) is 13.5. The van der Waals surface area contributed by atoms with Gasteiger partial charge in [-0.25, -0.2) is 4.98 Å². The third-order valence-corrected chi connectivity index (χ3v) is 2.35. The van der Waals surface area contributed by atoms with Gasteiger partial charge in [0.25, 0.3) is 0 Å². The molecule has 0 bridgehead atoms. The maximum atomic E-state index is 5.71. The van der Waals surface area contributed by atoms with Crippen molar-refractivity contribution >= 4 is 5.82 Å². The number of anilines is 1. The van der Waals surface area contributed by atoms with E-state index in [1.165, 1.54) is 0 Å². The Balaban J connectivity index is 2.23. The lowest BCUT2D eigenvalue weighted by molar-refractivity contribution is 0.177. The first kappa shape index (κ1) is 13.3. The van der Waals surface area contributed by atoms with E-state index in [2.05, 4.69) is 15.3 Å². The van der Waals surface area contributed by atoms with Crippen LogP contribution >= 0.6 is 0 Å². The number of rotatable bonds is 6. The highest BCUT2D eigenvalue weighted by atomic mass is 16.5. The van der Waals surface area contributed by atoms with E-state index in [9.17, 15) is 0 Å². The first-order valence-corrected chi connectivity index (χ1v) is 6.15. The smallest absolute Gasteiger partial charge is 0.224 e. The van der Waals surface area contributed by atoms with E-state index in [0.29, 0.717) is 18.3 Å². The van der Waals surface area contributed by atoms with Gasteiger partial charge in [-0.05, 0) is 19.1 Å². The fourth-order valence-electron chi connectivity index (χ4n) is 1.60. The fraction of sp³-hybridized carbons (Fsp3) is 0.286. The lowest BCUT2D eigenvalue weighted by Gasteiger charge is -2.09. The van der Waals surface area contributed by atoms with Gasteiger partial charge in [0.2, 0.25) is 5.88 Å². The maximum Gasteiger partial charge on any atom is 0.224 e. The van der Waals surface area contributed by atoms with Crippen LogP contribution in [0, 0.1) is 0 Å². The molecule has 5 nitrogen and oxygen atoms in total. The van der Waals surface area contributed by atoms with Crippen LogP contribution < -0.4 is 10.1 Å². The van der Waals surface area contributed by atoms with E-state index in [1.54, 1.807) is 13.2 Å². The molecular formula is C14H17N3O2. The number of methoxy groups -OCH3 is 1. The van der Waals surface area contributed by atoms with Gasteiger partial charge in [-0.15, -0.1) is 0 Å². The highest BCUT2D eigenvalue weighted by Gasteiger charge is 2.06. The van der Waals surface area contributed by atoms with Gasteiger partial charge in [-0.1, -0.05) is 18.2 Å². The third kappa shape index (κ3) is 3.93. The molecule has 100 valence electrons. The summed E-state index contributed by atoms with van der Waals surface area (Å²) in [5.74, 6) is 2.57. The molecule has 0 saturated carbocycles. The molecule has 0 spiro atoms. The van der Waals surface area contributed by atoms with E-state index in [-0.39, 0.29) is 0 Å². The predicted octanol–water partition coefficient (Wildman–Crippen LogP) is 2.85. The van der Waals surface area contributed by atoms with Crippen molar-refractivity contribution in [3.8, 4) is 11.6 Å². The van der Waals surface area contributed by atoms with E-state index in [1.807, 2.05) is 37.3 Å². The topological polar surface area (TPSA) is 56.3 Å². The standard InChI is InChI=1S/C14H17N3O2/c1-3-15-12-9-14(17-13(16-12)10-18-2)19-11-7-5-4-6-8-11/h4-9H,3,10H2,1-2H3,(H,15,16,17). The Morgan fingerprint density at radius 2 is 1.95 bits per heavy atom. The summed E-state index contributed by atoms with van der Waals surface area (Å²) in [5.41, 5.74) is 0. The SMILES string of the molecule is CCNc1cc(Oc2ccccc2)nc(COC)n1. The van der Waals surface area contributed by atoms with Crippen LogP contribution in [0.3, 0.4) is 0 Å². The number of ether oxygens (including phenoxy) is 2. The molecule has 0 aliphatic heterocycles. The number of hydrogen-bond donors (Lipinski definition) is 1. The minimum Gasteiger partial charge on any atom is -0.439 e. The van der Waals surface area contributed by atoms with Crippen LogP contribution in [0.15, 0.2) is 36.4 Å². The zero-order valence-corrected chi connectivity index (χ0v) is 11.1. The van der Waals surface area contributed by atoms with Crippen LogP contribution in [0.4, 0.5) is 5.82 Å². The number of benzene rings is 1. The molecule has 1 heterocycles. The highest BCUT2D eigenvalue weighted by Crippen LogP contribution is 2.21. The van der Waals surface area contributed by atoms with Gasteiger partial charge in [0, 0.05) is 19.7 Å². The number of hydrogen-bond acceptors (Lipinski definition) is 5. The van der Waals surface area contributed by atoms with Crippen LogP contribution in [-0.4, -0.2) is 23.6 Å². The number of aromatic nitrogens is 2. The monoisotopic (exact) mass is 259 g/mol. The summed E-state index contributed by atoms with van der Waals surface area (Å²) in [7, 11) is 1.61. The molecule has 0 atom stereocenters. The normalized spacial score (nSPS) is 10.2. The number of nitrogens with zero attached hydrogens (tertiary/aromatic N) is 2. The van der Waals surface area contributed by atoms with Crippen LogP contribution in [-0.2, 0) is 11.3 Å². The molecule has 0 unspecified atom stereocenters. The molecule has 1 N–H and O–H groups in total. The molecule has 19 heavy (non-hydrogen) atoms. The molecule has 0 amide bonds. The molecule has 1 aromatic carbocycles.